The van der Waals surface area contributed by atoms with E-state index in [0.29, 0.717) is 10.1 Å². The van der Waals surface area contributed by atoms with E-state index in [0.717, 1.165) is 16.7 Å². The van der Waals surface area contributed by atoms with Crippen molar-refractivity contribution in [3.05, 3.63) is 59.7 Å². The molecule has 2 N–H and O–H groups in total. The maximum absolute atomic E-state index is 12.2. The number of nitrogens with zero attached hydrogens (tertiary/aromatic N) is 2. The highest BCUT2D eigenvalue weighted by Gasteiger charge is 2.15. The van der Waals surface area contributed by atoms with Gasteiger partial charge in [-0.25, -0.2) is 13.1 Å². The molecule has 1 heterocycles. The Morgan fingerprint density at radius 3 is 2.50 bits per heavy atom. The molecule has 0 saturated carbocycles. The molecular weight excluding hydrogens is 396 g/mol. The standard InChI is InChI=1S/C19H20N4O3S2/c1-13-6-8-16(9-7-13)28(25,26)20-11-10-17(24)21-19-23-22-18(27-19)15-5-3-4-14(2)12-15/h3-9,12,20H,10-11H2,1-2H3,(H,21,23,24). The van der Waals surface area contributed by atoms with E-state index < -0.39 is 10.0 Å². The zero-order valence-electron chi connectivity index (χ0n) is 15.5. The van der Waals surface area contributed by atoms with Crippen molar-refractivity contribution in [1.82, 2.24) is 14.9 Å². The molecule has 1 aromatic heterocycles. The van der Waals surface area contributed by atoms with Crippen LogP contribution in [0.15, 0.2) is 53.4 Å². The molecule has 0 spiro atoms. The zero-order chi connectivity index (χ0) is 20.1. The number of nitrogens with one attached hydrogen (secondary N) is 2. The highest BCUT2D eigenvalue weighted by Crippen LogP contribution is 2.26. The second-order valence-corrected chi connectivity index (χ2v) is 9.04. The summed E-state index contributed by atoms with van der Waals surface area (Å²) in [6.07, 6.45) is -0.00947. The van der Waals surface area contributed by atoms with Gasteiger partial charge in [-0.05, 0) is 32.0 Å². The van der Waals surface area contributed by atoms with Gasteiger partial charge in [0.2, 0.25) is 21.1 Å². The summed E-state index contributed by atoms with van der Waals surface area (Å²) in [6, 6.07) is 14.4. The van der Waals surface area contributed by atoms with Gasteiger partial charge in [-0.1, -0.05) is 52.8 Å². The summed E-state index contributed by atoms with van der Waals surface area (Å²) in [5.74, 6) is -0.335. The summed E-state index contributed by atoms with van der Waals surface area (Å²) in [5, 5.41) is 11.8. The number of carbonyl (C=O) groups is 1. The molecule has 0 radical (unpaired) electrons. The first kappa shape index (κ1) is 20.1. The van der Waals surface area contributed by atoms with Crippen LogP contribution in [0.4, 0.5) is 5.13 Å². The third-order valence-corrected chi connectivity index (χ3v) is 6.28. The minimum Gasteiger partial charge on any atom is -0.300 e. The van der Waals surface area contributed by atoms with Crippen LogP contribution < -0.4 is 10.0 Å². The summed E-state index contributed by atoms with van der Waals surface area (Å²) < 4.78 is 26.8. The fourth-order valence-electron chi connectivity index (χ4n) is 2.45. The lowest BCUT2D eigenvalue weighted by molar-refractivity contribution is -0.116. The van der Waals surface area contributed by atoms with E-state index in [4.69, 9.17) is 0 Å². The van der Waals surface area contributed by atoms with Crippen LogP contribution in [0.25, 0.3) is 10.6 Å². The first-order chi connectivity index (χ1) is 13.3. The molecule has 2 aromatic carbocycles. The molecule has 7 nitrogen and oxygen atoms in total. The fraction of sp³-hybridized carbons (Fsp3) is 0.211. The van der Waals surface area contributed by atoms with Gasteiger partial charge in [-0.15, -0.1) is 10.2 Å². The normalized spacial score (nSPS) is 11.4. The molecule has 0 aliphatic heterocycles. The molecule has 146 valence electrons. The number of sulfonamides is 1. The predicted octanol–water partition coefficient (Wildman–Crippen LogP) is 3.13. The Hall–Kier alpha value is -2.62. The lowest BCUT2D eigenvalue weighted by Crippen LogP contribution is -2.27. The Bertz CT molecular complexity index is 1080. The lowest BCUT2D eigenvalue weighted by atomic mass is 10.1. The molecule has 0 saturated heterocycles. The average molecular weight is 417 g/mol. The van der Waals surface area contributed by atoms with Crippen LogP contribution >= 0.6 is 11.3 Å². The molecule has 0 fully saturated rings. The molecule has 28 heavy (non-hydrogen) atoms. The van der Waals surface area contributed by atoms with E-state index in [1.54, 1.807) is 12.1 Å². The second kappa shape index (κ2) is 8.59. The first-order valence-electron chi connectivity index (χ1n) is 8.60. The Kier molecular flexibility index (Phi) is 6.18. The summed E-state index contributed by atoms with van der Waals surface area (Å²) in [5.41, 5.74) is 3.02. The van der Waals surface area contributed by atoms with Gasteiger partial charge in [0.05, 0.1) is 4.90 Å². The SMILES string of the molecule is Cc1ccc(S(=O)(=O)NCCC(=O)Nc2nnc(-c3cccc(C)c3)s2)cc1. The quantitative estimate of drug-likeness (QED) is 0.616. The Labute approximate surface area is 167 Å². The second-order valence-electron chi connectivity index (χ2n) is 6.29. The Balaban J connectivity index is 1.53. The van der Waals surface area contributed by atoms with Crippen molar-refractivity contribution in [2.24, 2.45) is 0 Å². The van der Waals surface area contributed by atoms with Crippen molar-refractivity contribution >= 4 is 32.4 Å². The number of benzene rings is 2. The molecule has 0 aliphatic carbocycles. The van der Waals surface area contributed by atoms with Crippen molar-refractivity contribution in [3.8, 4) is 10.6 Å². The fourth-order valence-corrected chi connectivity index (χ4v) is 4.24. The van der Waals surface area contributed by atoms with Crippen LogP contribution in [-0.4, -0.2) is 31.1 Å². The van der Waals surface area contributed by atoms with Crippen LogP contribution in [-0.2, 0) is 14.8 Å². The van der Waals surface area contributed by atoms with Crippen LogP contribution in [0.2, 0.25) is 0 Å². The average Bonchev–Trinajstić information content (AvgIpc) is 3.10. The maximum Gasteiger partial charge on any atom is 0.240 e. The van der Waals surface area contributed by atoms with E-state index in [1.165, 1.54) is 23.5 Å². The molecule has 9 heteroatoms. The van der Waals surface area contributed by atoms with E-state index in [2.05, 4.69) is 20.2 Å². The smallest absolute Gasteiger partial charge is 0.240 e. The molecule has 0 unspecified atom stereocenters. The number of aryl methyl sites for hydroxylation is 2. The number of carbonyl (C=O) groups excluding carboxylic acids is 1. The topological polar surface area (TPSA) is 101 Å². The minimum absolute atomic E-state index is 0.00835. The molecule has 0 bridgehead atoms. The first-order valence-corrected chi connectivity index (χ1v) is 10.9. The molecule has 1 amide bonds. The van der Waals surface area contributed by atoms with Crippen LogP contribution in [0, 0.1) is 13.8 Å². The third-order valence-electron chi connectivity index (χ3n) is 3.91. The predicted molar refractivity (Wildman–Crippen MR) is 110 cm³/mol. The maximum atomic E-state index is 12.2. The minimum atomic E-state index is -3.64. The van der Waals surface area contributed by atoms with Gasteiger partial charge in [0.25, 0.3) is 0 Å². The Morgan fingerprint density at radius 1 is 1.04 bits per heavy atom. The summed E-state index contributed by atoms with van der Waals surface area (Å²) in [7, 11) is -3.64. The largest absolute Gasteiger partial charge is 0.300 e. The highest BCUT2D eigenvalue weighted by atomic mass is 32.2. The van der Waals surface area contributed by atoms with E-state index >= 15 is 0 Å². The van der Waals surface area contributed by atoms with Gasteiger partial charge in [0.15, 0.2) is 0 Å². The van der Waals surface area contributed by atoms with E-state index in [9.17, 15) is 13.2 Å². The highest BCUT2D eigenvalue weighted by molar-refractivity contribution is 7.89. The van der Waals surface area contributed by atoms with Gasteiger partial charge in [0, 0.05) is 18.5 Å². The summed E-state index contributed by atoms with van der Waals surface area (Å²) >= 11 is 1.27. The third kappa shape index (κ3) is 5.22. The van der Waals surface area contributed by atoms with Crippen molar-refractivity contribution in [3.63, 3.8) is 0 Å². The molecule has 3 aromatic rings. The van der Waals surface area contributed by atoms with Gasteiger partial charge in [-0.3, -0.25) is 4.79 Å². The Morgan fingerprint density at radius 2 is 1.79 bits per heavy atom. The van der Waals surface area contributed by atoms with Crippen LogP contribution in [0.5, 0.6) is 0 Å². The monoisotopic (exact) mass is 416 g/mol. The number of hydrogen-bond acceptors (Lipinski definition) is 6. The van der Waals surface area contributed by atoms with Crippen molar-refractivity contribution < 1.29 is 13.2 Å². The molecular formula is C19H20N4O3S2. The number of aromatic nitrogens is 2. The number of anilines is 1. The van der Waals surface area contributed by atoms with Gasteiger partial charge >= 0.3 is 0 Å². The summed E-state index contributed by atoms with van der Waals surface area (Å²) in [4.78, 5) is 12.2. The van der Waals surface area contributed by atoms with Gasteiger partial charge in [-0.2, -0.15) is 0 Å². The molecule has 0 atom stereocenters. The van der Waals surface area contributed by atoms with E-state index in [-0.39, 0.29) is 23.8 Å². The van der Waals surface area contributed by atoms with Gasteiger partial charge < -0.3 is 5.32 Å². The van der Waals surface area contributed by atoms with Gasteiger partial charge in [0.1, 0.15) is 5.01 Å². The van der Waals surface area contributed by atoms with Crippen LogP contribution in [0.3, 0.4) is 0 Å². The number of rotatable bonds is 7. The lowest BCUT2D eigenvalue weighted by Gasteiger charge is -2.06. The van der Waals surface area contributed by atoms with Crippen molar-refractivity contribution in [1.29, 1.82) is 0 Å². The summed E-state index contributed by atoms with van der Waals surface area (Å²) in [6.45, 7) is 3.86. The molecule has 3 rings (SSSR count). The molecule has 0 aliphatic rings. The van der Waals surface area contributed by atoms with E-state index in [1.807, 2.05) is 38.1 Å². The van der Waals surface area contributed by atoms with Crippen LogP contribution in [0.1, 0.15) is 17.5 Å². The number of hydrogen-bond donors (Lipinski definition) is 2. The van der Waals surface area contributed by atoms with Crippen molar-refractivity contribution in [2.45, 2.75) is 25.2 Å². The van der Waals surface area contributed by atoms with Crippen molar-refractivity contribution in [2.75, 3.05) is 11.9 Å². The number of amides is 1. The zero-order valence-corrected chi connectivity index (χ0v) is 17.1.